The van der Waals surface area contributed by atoms with Crippen LogP contribution in [0.5, 0.6) is 5.75 Å². The van der Waals surface area contributed by atoms with Gasteiger partial charge in [0.15, 0.2) is 6.61 Å². The lowest BCUT2D eigenvalue weighted by Crippen LogP contribution is -2.51. The predicted octanol–water partition coefficient (Wildman–Crippen LogP) is 4.69. The third kappa shape index (κ3) is 7.12. The summed E-state index contributed by atoms with van der Waals surface area (Å²) in [7, 11) is 0. The van der Waals surface area contributed by atoms with Crippen molar-refractivity contribution in [2.24, 2.45) is 0 Å². The number of nitrogens with zero attached hydrogens (tertiary/aromatic N) is 1. The van der Waals surface area contributed by atoms with Gasteiger partial charge in [-0.25, -0.2) is 0 Å². The molecule has 0 saturated heterocycles. The van der Waals surface area contributed by atoms with Crippen LogP contribution in [0.2, 0.25) is 0 Å². The third-order valence-electron chi connectivity index (χ3n) is 5.06. The van der Waals surface area contributed by atoms with Crippen LogP contribution in [0.3, 0.4) is 0 Å². The molecule has 0 fully saturated rings. The van der Waals surface area contributed by atoms with Gasteiger partial charge >= 0.3 is 0 Å². The van der Waals surface area contributed by atoms with Crippen molar-refractivity contribution in [3.8, 4) is 5.75 Å². The molecule has 0 radical (unpaired) electrons. The molecule has 0 heterocycles. The summed E-state index contributed by atoms with van der Waals surface area (Å²) >= 11 is 0. The van der Waals surface area contributed by atoms with Crippen LogP contribution in [0.25, 0.3) is 0 Å². The smallest absolute Gasteiger partial charge is 0.261 e. The standard InChI is InChI=1S/C26H36N2O3/c1-7-22(25(30)27-19(2)3)28(17-20-13-9-8-10-14-20)24(29)18-31-23-16-12-11-15-21(23)26(4,5)6/h8-16,19,22H,7,17-18H2,1-6H3,(H,27,30). The zero-order valence-electron chi connectivity index (χ0n) is 19.6. The predicted molar refractivity (Wildman–Crippen MR) is 125 cm³/mol. The van der Waals surface area contributed by atoms with Crippen molar-refractivity contribution in [3.63, 3.8) is 0 Å². The molecule has 0 aliphatic carbocycles. The van der Waals surface area contributed by atoms with Crippen LogP contribution in [-0.2, 0) is 21.5 Å². The summed E-state index contributed by atoms with van der Waals surface area (Å²) in [5, 5.41) is 2.94. The van der Waals surface area contributed by atoms with Gasteiger partial charge in [0.2, 0.25) is 5.91 Å². The van der Waals surface area contributed by atoms with Gasteiger partial charge in [0.25, 0.3) is 5.91 Å². The number of hydrogen-bond donors (Lipinski definition) is 1. The Bertz CT molecular complexity index is 856. The zero-order valence-corrected chi connectivity index (χ0v) is 19.6. The van der Waals surface area contributed by atoms with Crippen molar-refractivity contribution in [3.05, 3.63) is 65.7 Å². The van der Waals surface area contributed by atoms with Crippen LogP contribution < -0.4 is 10.1 Å². The Balaban J connectivity index is 2.25. The van der Waals surface area contributed by atoms with Gasteiger partial charge in [0.05, 0.1) is 0 Å². The summed E-state index contributed by atoms with van der Waals surface area (Å²) in [5.74, 6) is 0.345. The number of amides is 2. The van der Waals surface area contributed by atoms with Gasteiger partial charge in [-0.3, -0.25) is 9.59 Å². The van der Waals surface area contributed by atoms with Crippen molar-refractivity contribution in [2.75, 3.05) is 6.61 Å². The lowest BCUT2D eigenvalue weighted by Gasteiger charge is -2.31. The minimum Gasteiger partial charge on any atom is -0.483 e. The Morgan fingerprint density at radius 1 is 1.00 bits per heavy atom. The van der Waals surface area contributed by atoms with Gasteiger partial charge in [-0.2, -0.15) is 0 Å². The SMILES string of the molecule is CCC(C(=O)NC(C)C)N(Cc1ccccc1)C(=O)COc1ccccc1C(C)(C)C. The van der Waals surface area contributed by atoms with E-state index in [4.69, 9.17) is 4.74 Å². The number of nitrogens with one attached hydrogen (secondary N) is 1. The van der Waals surface area contributed by atoms with Crippen molar-refractivity contribution in [2.45, 2.75) is 72.0 Å². The zero-order chi connectivity index (χ0) is 23.0. The largest absolute Gasteiger partial charge is 0.483 e. The molecule has 5 nitrogen and oxygen atoms in total. The first-order valence-electron chi connectivity index (χ1n) is 11.0. The highest BCUT2D eigenvalue weighted by Gasteiger charge is 2.29. The summed E-state index contributed by atoms with van der Waals surface area (Å²) < 4.78 is 5.98. The highest BCUT2D eigenvalue weighted by atomic mass is 16.5. The summed E-state index contributed by atoms with van der Waals surface area (Å²) in [6.45, 7) is 12.3. The Labute approximate surface area is 186 Å². The molecule has 2 aromatic carbocycles. The average molecular weight is 425 g/mol. The number of rotatable bonds is 9. The molecule has 0 spiro atoms. The highest BCUT2D eigenvalue weighted by molar-refractivity contribution is 5.88. The molecule has 2 aromatic rings. The summed E-state index contributed by atoms with van der Waals surface area (Å²) in [4.78, 5) is 27.8. The monoisotopic (exact) mass is 424 g/mol. The Morgan fingerprint density at radius 2 is 1.61 bits per heavy atom. The molecule has 0 aliphatic heterocycles. The van der Waals surface area contributed by atoms with E-state index in [0.717, 1.165) is 11.1 Å². The average Bonchev–Trinajstić information content (AvgIpc) is 2.71. The molecule has 0 bridgehead atoms. The molecule has 0 saturated carbocycles. The number of ether oxygens (including phenoxy) is 1. The van der Waals surface area contributed by atoms with Crippen LogP contribution >= 0.6 is 0 Å². The second-order valence-corrected chi connectivity index (χ2v) is 9.13. The third-order valence-corrected chi connectivity index (χ3v) is 5.06. The van der Waals surface area contributed by atoms with E-state index in [-0.39, 0.29) is 29.9 Å². The van der Waals surface area contributed by atoms with Crippen molar-refractivity contribution >= 4 is 11.8 Å². The Hall–Kier alpha value is -2.82. The quantitative estimate of drug-likeness (QED) is 0.635. The highest BCUT2D eigenvalue weighted by Crippen LogP contribution is 2.31. The van der Waals surface area contributed by atoms with Crippen LogP contribution in [-0.4, -0.2) is 35.4 Å². The van der Waals surface area contributed by atoms with Crippen LogP contribution in [0.1, 0.15) is 59.1 Å². The lowest BCUT2D eigenvalue weighted by atomic mass is 9.86. The minimum atomic E-state index is -0.559. The topological polar surface area (TPSA) is 58.6 Å². The molecule has 1 atom stereocenters. The molecule has 0 aliphatic rings. The first-order valence-corrected chi connectivity index (χ1v) is 11.0. The Morgan fingerprint density at radius 3 is 2.19 bits per heavy atom. The first kappa shape index (κ1) is 24.4. The van der Waals surface area contributed by atoms with Crippen LogP contribution in [0.15, 0.2) is 54.6 Å². The molecule has 5 heteroatoms. The lowest BCUT2D eigenvalue weighted by molar-refractivity contribution is -0.143. The number of benzene rings is 2. The van der Waals surface area contributed by atoms with Crippen LogP contribution in [0.4, 0.5) is 0 Å². The molecule has 31 heavy (non-hydrogen) atoms. The fourth-order valence-corrected chi connectivity index (χ4v) is 3.51. The number of para-hydroxylation sites is 1. The summed E-state index contributed by atoms with van der Waals surface area (Å²) in [5.41, 5.74) is 1.91. The van der Waals surface area contributed by atoms with Crippen molar-refractivity contribution < 1.29 is 14.3 Å². The van der Waals surface area contributed by atoms with Crippen LogP contribution in [0, 0.1) is 0 Å². The van der Waals surface area contributed by atoms with Gasteiger partial charge in [-0.05, 0) is 42.9 Å². The van der Waals surface area contributed by atoms with Gasteiger partial charge in [-0.1, -0.05) is 76.2 Å². The van der Waals surface area contributed by atoms with E-state index < -0.39 is 6.04 Å². The molecule has 2 rings (SSSR count). The van der Waals surface area contributed by atoms with E-state index in [1.807, 2.05) is 75.4 Å². The molecular weight excluding hydrogens is 388 g/mol. The van der Waals surface area contributed by atoms with E-state index in [1.54, 1.807) is 4.90 Å². The maximum absolute atomic E-state index is 13.3. The first-order chi connectivity index (χ1) is 14.6. The molecule has 1 unspecified atom stereocenters. The molecule has 1 N–H and O–H groups in total. The molecule has 168 valence electrons. The summed E-state index contributed by atoms with van der Waals surface area (Å²) in [6.07, 6.45) is 0.524. The van der Waals surface area contributed by atoms with E-state index in [9.17, 15) is 9.59 Å². The maximum Gasteiger partial charge on any atom is 0.261 e. The number of carbonyl (C=O) groups is 2. The van der Waals surface area contributed by atoms with Crippen molar-refractivity contribution in [1.82, 2.24) is 10.2 Å². The molecule has 2 amide bonds. The number of carbonyl (C=O) groups excluding carboxylic acids is 2. The second kappa shape index (κ2) is 11.0. The van der Waals surface area contributed by atoms with Gasteiger partial charge in [0.1, 0.15) is 11.8 Å². The van der Waals surface area contributed by atoms with Gasteiger partial charge < -0.3 is 15.0 Å². The number of hydrogen-bond acceptors (Lipinski definition) is 3. The van der Waals surface area contributed by atoms with E-state index in [1.165, 1.54) is 0 Å². The Kier molecular flexibility index (Phi) is 8.66. The van der Waals surface area contributed by atoms with E-state index in [2.05, 4.69) is 26.1 Å². The van der Waals surface area contributed by atoms with E-state index in [0.29, 0.717) is 18.7 Å². The fourth-order valence-electron chi connectivity index (χ4n) is 3.51. The summed E-state index contributed by atoms with van der Waals surface area (Å²) in [6, 6.07) is 17.0. The fraction of sp³-hybridized carbons (Fsp3) is 0.462. The minimum absolute atomic E-state index is 0.00476. The van der Waals surface area contributed by atoms with Gasteiger partial charge in [-0.15, -0.1) is 0 Å². The van der Waals surface area contributed by atoms with E-state index >= 15 is 0 Å². The second-order valence-electron chi connectivity index (χ2n) is 9.13. The van der Waals surface area contributed by atoms with Gasteiger partial charge in [0, 0.05) is 12.6 Å². The maximum atomic E-state index is 13.3. The molecular formula is C26H36N2O3. The van der Waals surface area contributed by atoms with Crippen molar-refractivity contribution in [1.29, 1.82) is 0 Å². The molecule has 0 aromatic heterocycles. The normalized spacial score (nSPS) is 12.4.